The third kappa shape index (κ3) is 8.84. The van der Waals surface area contributed by atoms with Crippen LogP contribution in [0.2, 0.25) is 0 Å². The summed E-state index contributed by atoms with van der Waals surface area (Å²) in [6.45, 7) is 17.5. The molecule has 16 rings (SSSR count). The minimum Gasteiger partial charge on any atom is -0.481 e. The highest BCUT2D eigenvalue weighted by Gasteiger charge is 2.79. The molecule has 4 N–H and O–H groups in total. The van der Waals surface area contributed by atoms with Crippen molar-refractivity contribution in [2.24, 2.45) is 23.7 Å². The lowest BCUT2D eigenvalue weighted by molar-refractivity contribution is -0.371. The van der Waals surface area contributed by atoms with Crippen LogP contribution in [0.4, 0.5) is 0 Å². The van der Waals surface area contributed by atoms with Gasteiger partial charge >= 0.3 is 11.9 Å². The van der Waals surface area contributed by atoms with Gasteiger partial charge in [-0.2, -0.15) is 0 Å². The third-order valence-corrected chi connectivity index (χ3v) is 21.8. The van der Waals surface area contributed by atoms with E-state index in [0.29, 0.717) is 70.6 Å². The van der Waals surface area contributed by atoms with Crippen molar-refractivity contribution in [1.29, 1.82) is 0 Å². The van der Waals surface area contributed by atoms with E-state index in [2.05, 4.69) is 40.9 Å². The van der Waals surface area contributed by atoms with E-state index in [4.69, 9.17) is 71.1 Å². The van der Waals surface area contributed by atoms with Crippen molar-refractivity contribution < 1.29 is 101 Å². The first-order valence-electron chi connectivity index (χ1n) is 30.4. The predicted octanol–water partition coefficient (Wildman–Crippen LogP) is 3.95. The van der Waals surface area contributed by atoms with Crippen molar-refractivity contribution in [3.63, 3.8) is 0 Å². The molecule has 0 aromatic carbocycles. The monoisotopic (exact) mass is 1130 g/mol. The molecule has 21 nitrogen and oxygen atoms in total. The number of carboxylic acid groups (broad SMARTS) is 1. The molecule has 16 aliphatic rings. The normalized spacial score (nSPS) is 58.7. The molecule has 0 radical (unpaired) electrons. The minimum absolute atomic E-state index is 0.00631. The smallest absolute Gasteiger partial charge is 0.308 e. The van der Waals surface area contributed by atoms with Crippen LogP contribution in [0.15, 0.2) is 24.3 Å². The third-order valence-electron chi connectivity index (χ3n) is 21.8. The number of carboxylic acids is 1. The molecule has 16 saturated heterocycles. The molecular formula is C59H82O21. The first kappa shape index (κ1) is 54.4. The quantitative estimate of drug-likeness (QED) is 0.226. The first-order valence-corrected chi connectivity index (χ1v) is 30.4. The van der Waals surface area contributed by atoms with Crippen LogP contribution < -0.4 is 0 Å². The summed E-state index contributed by atoms with van der Waals surface area (Å²) < 4.78 is 102. The van der Waals surface area contributed by atoms with E-state index in [1.807, 2.05) is 0 Å². The van der Waals surface area contributed by atoms with Crippen molar-refractivity contribution in [1.82, 2.24) is 0 Å². The molecule has 21 heteroatoms. The van der Waals surface area contributed by atoms with E-state index in [-0.39, 0.29) is 110 Å². The summed E-state index contributed by atoms with van der Waals surface area (Å²) in [5.41, 5.74) is 1.99. The summed E-state index contributed by atoms with van der Waals surface area (Å²) in [6.07, 6.45) is -5.45. The zero-order valence-electron chi connectivity index (χ0n) is 46.3. The Kier molecular flexibility index (Phi) is 13.3. The van der Waals surface area contributed by atoms with Crippen LogP contribution in [-0.2, 0) is 80.6 Å². The molecule has 0 amide bonds. The number of hydrogen-bond donors (Lipinski definition) is 4. The Morgan fingerprint density at radius 3 is 2.09 bits per heavy atom. The number of hydrogen-bond acceptors (Lipinski definition) is 20. The Labute approximate surface area is 466 Å². The molecule has 16 heterocycles. The SMILES string of the molecule is C=C1C[C@@H]2CC[C@]34OC5[C@@H]6O[C@H]7CC[C@H](CC(=O)O[C@@H]8[C@@H](C)[C@@H]9O[C@@H]%10C[C@@]%11(C[C@@H]%12O[C@]%13(C[C@H](C)[C@@H]%14O[C@H](CC(=O)O)[C@H](O)C[C@@H]%14O%13)C[C@H](C)[C@@H]%12O%11)O[C@@H]%10C[C@@H]9O[C@H]8C[C@H]8O[C@@H](CC[C@@H]1O2)C[C@@H](C)C8=C)O[C@@H]7[C@H](O3)[C@@H]6O[C@@]5(O)[C@H]4O. The molecule has 0 saturated carbocycles. The number of carbonyl (C=O) groups is 2. The van der Waals surface area contributed by atoms with E-state index >= 15 is 0 Å². The molecule has 32 atom stereocenters. The van der Waals surface area contributed by atoms with Gasteiger partial charge in [-0.15, -0.1) is 0 Å². The van der Waals surface area contributed by atoms with Crippen molar-refractivity contribution >= 4 is 11.9 Å². The highest BCUT2D eigenvalue weighted by molar-refractivity contribution is 5.70. The summed E-state index contributed by atoms with van der Waals surface area (Å²) >= 11 is 0. The molecule has 80 heavy (non-hydrogen) atoms. The van der Waals surface area contributed by atoms with Crippen molar-refractivity contribution in [2.45, 2.75) is 306 Å². The van der Waals surface area contributed by atoms with Gasteiger partial charge in [-0.1, -0.05) is 40.9 Å². The van der Waals surface area contributed by atoms with E-state index in [9.17, 15) is 30.0 Å². The van der Waals surface area contributed by atoms with Crippen molar-refractivity contribution in [3.05, 3.63) is 24.3 Å². The lowest BCUT2D eigenvalue weighted by Crippen LogP contribution is -2.63. The van der Waals surface area contributed by atoms with Gasteiger partial charge in [0, 0.05) is 57.3 Å². The zero-order chi connectivity index (χ0) is 55.1. The fraction of sp³-hybridized carbons (Fsp3) is 0.898. The van der Waals surface area contributed by atoms with Gasteiger partial charge in [0.2, 0.25) is 11.6 Å². The van der Waals surface area contributed by atoms with Crippen LogP contribution in [0.1, 0.15) is 137 Å². The lowest BCUT2D eigenvalue weighted by atomic mass is 9.78. The Bertz CT molecular complexity index is 2460. The maximum Gasteiger partial charge on any atom is 0.308 e. The number of aliphatic hydroxyl groups excluding tert-OH is 2. The van der Waals surface area contributed by atoms with Crippen molar-refractivity contribution in [2.75, 3.05) is 0 Å². The van der Waals surface area contributed by atoms with E-state index in [1.54, 1.807) is 0 Å². The first-order chi connectivity index (χ1) is 38.2. The van der Waals surface area contributed by atoms with Crippen molar-refractivity contribution in [3.8, 4) is 0 Å². The Balaban J connectivity index is 0.666. The fourth-order valence-corrected chi connectivity index (χ4v) is 18.0. The number of fused-ring (bicyclic) bond motifs is 10. The average molecular weight is 1130 g/mol. The van der Waals surface area contributed by atoms with E-state index in [1.165, 1.54) is 0 Å². The van der Waals surface area contributed by atoms with Crippen LogP contribution in [0.25, 0.3) is 0 Å². The van der Waals surface area contributed by atoms with Gasteiger partial charge in [-0.05, 0) is 73.8 Å². The largest absolute Gasteiger partial charge is 0.481 e. The molecule has 444 valence electrons. The van der Waals surface area contributed by atoms with E-state index < -0.39 is 121 Å². The van der Waals surface area contributed by atoms with Gasteiger partial charge < -0.3 is 91.5 Å². The van der Waals surface area contributed by atoms with E-state index in [0.717, 1.165) is 24.0 Å². The highest BCUT2D eigenvalue weighted by atomic mass is 16.8. The summed E-state index contributed by atoms with van der Waals surface area (Å²) in [5.74, 6) is -7.08. The van der Waals surface area contributed by atoms with Crippen LogP contribution >= 0.6 is 0 Å². The van der Waals surface area contributed by atoms with Crippen LogP contribution in [-0.4, -0.2) is 202 Å². The van der Waals surface area contributed by atoms with Crippen LogP contribution in [0.3, 0.4) is 0 Å². The number of aliphatic carboxylic acids is 1. The number of aliphatic hydroxyl groups is 3. The van der Waals surface area contributed by atoms with Crippen LogP contribution in [0.5, 0.6) is 0 Å². The molecule has 1 unspecified atom stereocenters. The minimum atomic E-state index is -2.04. The van der Waals surface area contributed by atoms with Gasteiger partial charge in [0.25, 0.3) is 0 Å². The van der Waals surface area contributed by atoms with Gasteiger partial charge in [0.05, 0.1) is 117 Å². The molecule has 0 aromatic heterocycles. The molecule has 0 aromatic rings. The summed E-state index contributed by atoms with van der Waals surface area (Å²) in [7, 11) is 0. The topological polar surface area (TPSA) is 254 Å². The molecular weight excluding hydrogens is 1040 g/mol. The summed E-state index contributed by atoms with van der Waals surface area (Å²) in [4.78, 5) is 26.1. The molecule has 0 aliphatic carbocycles. The predicted molar refractivity (Wildman–Crippen MR) is 271 cm³/mol. The molecule has 16 fully saturated rings. The number of rotatable bonds is 2. The molecule has 3 spiro atoms. The highest BCUT2D eigenvalue weighted by Crippen LogP contribution is 2.59. The summed E-state index contributed by atoms with van der Waals surface area (Å²) in [5, 5.41) is 44.2. The average Bonchev–Trinajstić information content (AvgIpc) is 4.26. The van der Waals surface area contributed by atoms with Crippen LogP contribution in [0, 0.1) is 23.7 Å². The second-order valence-electron chi connectivity index (χ2n) is 27.3. The standard InChI is InChI=1S/C59H82O21/c1-24-13-30-7-9-34-25(2)14-32(66-34)11-12-58-55(64)59(65)54(80-58)53-52(79-59)51(78-58)50-35(70-53)10-8-31(68-50)15-45(63)73-49-29(6)48-40(69-39(49)17-36(67-30)28(24)5)18-38-42(72-48)22-57(74-38)23-43-47(77-57)27(4)21-56(76-43)20-26(3)46-41(75-56)16-33(60)37(71-46)19-44(61)62/h24,26-27,29-43,46-55,60,64-65H,2,5,7-23H2,1,3-4,6H3,(H,61,62)/t24-,26+,27+,29+,30+,31-,32+,33-,34+,35+,36-,37-,38-,39+,40+,41+,42-,43+,46+,47+,48+,49-,50+,51+,52+,53-,54?,55+,56-,57-,58-,59-/m1/s1. The Morgan fingerprint density at radius 1 is 0.562 bits per heavy atom. The van der Waals surface area contributed by atoms with Gasteiger partial charge in [-0.3, -0.25) is 9.59 Å². The maximum absolute atomic E-state index is 14.6. The van der Waals surface area contributed by atoms with Gasteiger partial charge in [0.1, 0.15) is 36.6 Å². The lowest BCUT2D eigenvalue weighted by Gasteiger charge is -2.54. The fourth-order valence-electron chi connectivity index (χ4n) is 18.0. The second-order valence-corrected chi connectivity index (χ2v) is 27.3. The Morgan fingerprint density at radius 2 is 1.26 bits per heavy atom. The van der Waals surface area contributed by atoms with Gasteiger partial charge in [-0.25, -0.2) is 0 Å². The molecule has 12 bridgehead atoms. The van der Waals surface area contributed by atoms with Gasteiger partial charge in [0.15, 0.2) is 17.7 Å². The maximum atomic E-state index is 14.6. The zero-order valence-corrected chi connectivity index (χ0v) is 46.3. The molecule has 16 aliphatic heterocycles. The summed E-state index contributed by atoms with van der Waals surface area (Å²) in [6, 6.07) is 0. The number of carbonyl (C=O) groups excluding carboxylic acids is 1. The Hall–Kier alpha value is -2.26. The number of ether oxygens (including phenoxy) is 15. The second kappa shape index (κ2) is 19.6. The number of esters is 1.